The van der Waals surface area contributed by atoms with Crippen molar-refractivity contribution in [1.29, 1.82) is 0 Å². The van der Waals surface area contributed by atoms with E-state index in [1.165, 1.54) is 19.4 Å². The lowest BCUT2D eigenvalue weighted by Gasteiger charge is -2.47. The SMILES string of the molecule is C=CC(=O)N1CCC[C@H]1c1cnc(N2C[C@H](CS(C)(=O)=O)[C@H]2C)c2cnc(Nc3ccnc(N4CC[C@@H](OC)[C@@H](F)C4)n3)cc12. The number of fused-ring (bicyclic) bond motifs is 1. The summed E-state index contributed by atoms with van der Waals surface area (Å²) >= 11 is 0. The fourth-order valence-corrected chi connectivity index (χ4v) is 7.92. The number of carbonyl (C=O) groups is 1. The van der Waals surface area contributed by atoms with Crippen LogP contribution in [0.15, 0.2) is 43.4 Å². The Morgan fingerprint density at radius 2 is 1.98 bits per heavy atom. The second-order valence-corrected chi connectivity index (χ2v) is 14.4. The predicted molar refractivity (Wildman–Crippen MR) is 171 cm³/mol. The number of alkyl halides is 1. The van der Waals surface area contributed by atoms with Crippen LogP contribution in [0.1, 0.15) is 37.8 Å². The lowest BCUT2D eigenvalue weighted by atomic mass is 9.90. The van der Waals surface area contributed by atoms with Crippen LogP contribution in [0.2, 0.25) is 0 Å². The van der Waals surface area contributed by atoms with Crippen LogP contribution in [-0.4, -0.2) is 103 Å². The number of amides is 1. The van der Waals surface area contributed by atoms with Gasteiger partial charge in [0.05, 0.1) is 24.4 Å². The summed E-state index contributed by atoms with van der Waals surface area (Å²) in [4.78, 5) is 37.1. The van der Waals surface area contributed by atoms with Crippen LogP contribution in [0.5, 0.6) is 0 Å². The van der Waals surface area contributed by atoms with Crippen molar-refractivity contribution in [1.82, 2.24) is 24.8 Å². The number of pyridine rings is 2. The maximum absolute atomic E-state index is 14.6. The first kappa shape index (κ1) is 31.1. The molecule has 12 nitrogen and oxygen atoms in total. The molecule has 1 amide bonds. The average molecular weight is 639 g/mol. The number of nitrogens with zero attached hydrogens (tertiary/aromatic N) is 7. The van der Waals surface area contributed by atoms with Crippen molar-refractivity contribution in [2.24, 2.45) is 5.92 Å². The van der Waals surface area contributed by atoms with E-state index in [1.54, 1.807) is 18.5 Å². The van der Waals surface area contributed by atoms with Gasteiger partial charge in [-0.25, -0.2) is 27.8 Å². The molecule has 0 unspecified atom stereocenters. The van der Waals surface area contributed by atoms with Gasteiger partial charge in [-0.05, 0) is 49.8 Å². The molecule has 0 spiro atoms. The monoisotopic (exact) mass is 638 g/mol. The summed E-state index contributed by atoms with van der Waals surface area (Å²) in [5, 5.41) is 4.99. The molecule has 3 aliphatic rings. The van der Waals surface area contributed by atoms with E-state index in [0.29, 0.717) is 43.6 Å². The lowest BCUT2D eigenvalue weighted by Crippen LogP contribution is -2.57. The third kappa shape index (κ3) is 6.30. The average Bonchev–Trinajstić information content (AvgIpc) is 3.51. The smallest absolute Gasteiger partial charge is 0.246 e. The normalized spacial score (nSPS) is 25.3. The number of methoxy groups -OCH3 is 1. The molecule has 45 heavy (non-hydrogen) atoms. The number of aromatic nitrogens is 4. The molecule has 0 radical (unpaired) electrons. The minimum Gasteiger partial charge on any atom is -0.378 e. The van der Waals surface area contributed by atoms with Gasteiger partial charge in [0.25, 0.3) is 0 Å². The highest BCUT2D eigenvalue weighted by Crippen LogP contribution is 2.41. The van der Waals surface area contributed by atoms with Crippen molar-refractivity contribution < 1.29 is 22.3 Å². The Morgan fingerprint density at radius 3 is 2.69 bits per heavy atom. The van der Waals surface area contributed by atoms with Gasteiger partial charge in [-0.15, -0.1) is 0 Å². The molecule has 3 aromatic rings. The van der Waals surface area contributed by atoms with Gasteiger partial charge in [0.2, 0.25) is 11.9 Å². The number of hydrogen-bond donors (Lipinski definition) is 1. The van der Waals surface area contributed by atoms with E-state index in [9.17, 15) is 17.6 Å². The second-order valence-electron chi connectivity index (χ2n) is 12.2. The first-order chi connectivity index (χ1) is 21.6. The van der Waals surface area contributed by atoms with Crippen molar-refractivity contribution in [3.8, 4) is 0 Å². The quantitative estimate of drug-likeness (QED) is 0.346. The summed E-state index contributed by atoms with van der Waals surface area (Å²) < 4.78 is 43.7. The molecule has 5 atom stereocenters. The van der Waals surface area contributed by atoms with E-state index >= 15 is 0 Å². The Labute approximate surface area is 262 Å². The molecule has 1 N–H and O–H groups in total. The van der Waals surface area contributed by atoms with Gasteiger partial charge in [-0.2, -0.15) is 4.98 Å². The maximum Gasteiger partial charge on any atom is 0.246 e. The highest BCUT2D eigenvalue weighted by Gasteiger charge is 2.40. The van der Waals surface area contributed by atoms with Crippen LogP contribution in [0.4, 0.5) is 27.8 Å². The maximum atomic E-state index is 14.6. The van der Waals surface area contributed by atoms with Gasteiger partial charge in [-0.3, -0.25) is 4.79 Å². The number of rotatable bonds is 9. The van der Waals surface area contributed by atoms with E-state index in [2.05, 4.69) is 26.8 Å². The molecule has 6 heterocycles. The first-order valence-electron chi connectivity index (χ1n) is 15.2. The topological polar surface area (TPSA) is 134 Å². The zero-order valence-electron chi connectivity index (χ0n) is 25.8. The van der Waals surface area contributed by atoms with Crippen LogP contribution >= 0.6 is 0 Å². The minimum atomic E-state index is -3.10. The van der Waals surface area contributed by atoms with Crippen molar-refractivity contribution in [3.63, 3.8) is 0 Å². The van der Waals surface area contributed by atoms with Crippen molar-refractivity contribution in [3.05, 3.63) is 48.9 Å². The molecule has 3 saturated heterocycles. The zero-order valence-corrected chi connectivity index (χ0v) is 26.6. The third-order valence-electron chi connectivity index (χ3n) is 9.21. The standard InChI is InChI=1S/C31H39FN8O4S/c1-5-29(41)39-11-6-7-25(39)22-14-35-30(40-16-20(19(40)2)18-45(4,42)43)23-15-34-28(13-21(22)23)36-27-8-10-33-31(37-27)38-12-9-26(44-3)24(32)17-38/h5,8,10,13-15,19-20,24-26H,1,6-7,9,11-12,16-18H2,2-4H3,(H,33,34,36,37)/t19-,20-,24+,25+,26-/m1/s1. The van der Waals surface area contributed by atoms with E-state index in [0.717, 1.165) is 35.0 Å². The van der Waals surface area contributed by atoms with Gasteiger partial charge < -0.3 is 24.8 Å². The summed E-state index contributed by atoms with van der Waals surface area (Å²) in [7, 11) is -1.58. The van der Waals surface area contributed by atoms with Crippen molar-refractivity contribution in [2.75, 3.05) is 60.4 Å². The summed E-state index contributed by atoms with van der Waals surface area (Å²) in [6.45, 7) is 7.64. The molecule has 6 rings (SSSR count). The Morgan fingerprint density at radius 1 is 1.16 bits per heavy atom. The number of ether oxygens (including phenoxy) is 1. The predicted octanol–water partition coefficient (Wildman–Crippen LogP) is 3.45. The molecule has 14 heteroatoms. The highest BCUT2D eigenvalue weighted by atomic mass is 32.2. The Kier molecular flexibility index (Phi) is 8.61. The summed E-state index contributed by atoms with van der Waals surface area (Å²) in [5.41, 5.74) is 0.908. The van der Waals surface area contributed by atoms with Crippen molar-refractivity contribution in [2.45, 2.75) is 50.5 Å². The molecule has 3 aliphatic heterocycles. The number of hydrogen-bond acceptors (Lipinski definition) is 11. The van der Waals surface area contributed by atoms with Gasteiger partial charge in [-0.1, -0.05) is 6.58 Å². The first-order valence-corrected chi connectivity index (χ1v) is 17.3. The minimum absolute atomic E-state index is 0.0123. The van der Waals surface area contributed by atoms with E-state index < -0.39 is 22.1 Å². The molecular weight excluding hydrogens is 599 g/mol. The molecule has 0 aromatic carbocycles. The fraction of sp³-hybridized carbons (Fsp3) is 0.516. The molecule has 3 aromatic heterocycles. The lowest BCUT2D eigenvalue weighted by molar-refractivity contribution is -0.126. The molecular formula is C31H39FN8O4S. The van der Waals surface area contributed by atoms with Crippen molar-refractivity contribution >= 4 is 49.9 Å². The van der Waals surface area contributed by atoms with Gasteiger partial charge in [0, 0.05) is 74.5 Å². The number of sulfone groups is 1. The summed E-state index contributed by atoms with van der Waals surface area (Å²) in [6.07, 6.45) is 8.47. The number of halogens is 1. The largest absolute Gasteiger partial charge is 0.378 e. The number of anilines is 4. The van der Waals surface area contributed by atoms with Gasteiger partial charge >= 0.3 is 0 Å². The zero-order chi connectivity index (χ0) is 31.9. The van der Waals surface area contributed by atoms with Crippen LogP contribution in [0.25, 0.3) is 10.8 Å². The summed E-state index contributed by atoms with van der Waals surface area (Å²) in [5.74, 6) is 2.22. The van der Waals surface area contributed by atoms with Crippen LogP contribution in [0.3, 0.4) is 0 Å². The Balaban J connectivity index is 1.33. The molecule has 0 aliphatic carbocycles. The van der Waals surface area contributed by atoms with Gasteiger partial charge in [0.1, 0.15) is 33.5 Å². The van der Waals surface area contributed by atoms with E-state index in [-0.39, 0.29) is 36.2 Å². The summed E-state index contributed by atoms with van der Waals surface area (Å²) in [6, 6.07) is 3.48. The number of nitrogens with one attached hydrogen (secondary N) is 1. The Bertz CT molecular complexity index is 1710. The highest BCUT2D eigenvalue weighted by molar-refractivity contribution is 7.90. The molecule has 240 valence electrons. The Hall–Kier alpha value is -3.91. The second kappa shape index (κ2) is 12.5. The molecule has 3 fully saturated rings. The number of likely N-dealkylation sites (tertiary alicyclic amines) is 1. The van der Waals surface area contributed by atoms with E-state index in [4.69, 9.17) is 14.7 Å². The third-order valence-corrected chi connectivity index (χ3v) is 10.2. The van der Waals surface area contributed by atoms with E-state index in [1.807, 2.05) is 29.0 Å². The van der Waals surface area contributed by atoms with Crippen LogP contribution in [0, 0.1) is 5.92 Å². The number of piperidine rings is 1. The van der Waals surface area contributed by atoms with Gasteiger partial charge in [0.15, 0.2) is 0 Å². The molecule has 0 saturated carbocycles. The fourth-order valence-electron chi connectivity index (χ4n) is 6.76. The molecule has 0 bridgehead atoms. The number of carbonyl (C=O) groups excluding carboxylic acids is 1. The van der Waals surface area contributed by atoms with Crippen LogP contribution in [-0.2, 0) is 19.4 Å². The van der Waals surface area contributed by atoms with Crippen LogP contribution < -0.4 is 15.1 Å².